The summed E-state index contributed by atoms with van der Waals surface area (Å²) in [4.78, 5) is 0.256. The number of benzene rings is 1. The summed E-state index contributed by atoms with van der Waals surface area (Å²) < 4.78 is 27.9. The number of sulfonamides is 1. The maximum atomic E-state index is 12.8. The van der Waals surface area contributed by atoms with Gasteiger partial charge in [0.1, 0.15) is 0 Å². The number of nitrogens with zero attached hydrogens (tertiary/aromatic N) is 1. The summed E-state index contributed by atoms with van der Waals surface area (Å²) >= 11 is 9.30. The van der Waals surface area contributed by atoms with Crippen LogP contribution in [0.3, 0.4) is 0 Å². The third kappa shape index (κ3) is 4.33. The summed E-state index contributed by atoms with van der Waals surface area (Å²) in [6.45, 7) is 4.09. The van der Waals surface area contributed by atoms with Crippen molar-refractivity contribution in [2.75, 3.05) is 19.6 Å². The predicted molar refractivity (Wildman–Crippen MR) is 91.9 cm³/mol. The van der Waals surface area contributed by atoms with Gasteiger partial charge < -0.3 is 5.32 Å². The summed E-state index contributed by atoms with van der Waals surface area (Å²) in [7, 11) is -3.50. The van der Waals surface area contributed by atoms with Crippen LogP contribution in [-0.2, 0) is 10.0 Å². The van der Waals surface area contributed by atoms with Gasteiger partial charge in [-0.15, -0.1) is 12.4 Å². The number of nitrogens with one attached hydrogen (secondary N) is 1. The van der Waals surface area contributed by atoms with Crippen molar-refractivity contribution in [2.24, 2.45) is 0 Å². The molecular weight excluding hydrogens is 399 g/mol. The summed E-state index contributed by atoms with van der Waals surface area (Å²) in [6, 6.07) is 4.80. The Morgan fingerprint density at radius 3 is 2.71 bits per heavy atom. The Morgan fingerprint density at radius 2 is 2.19 bits per heavy atom. The van der Waals surface area contributed by atoms with E-state index in [1.165, 1.54) is 6.07 Å². The monoisotopic (exact) mass is 416 g/mol. The van der Waals surface area contributed by atoms with Gasteiger partial charge in [-0.1, -0.05) is 18.5 Å². The average Bonchev–Trinajstić information content (AvgIpc) is 2.92. The van der Waals surface area contributed by atoms with Crippen LogP contribution in [-0.4, -0.2) is 38.4 Å². The molecule has 1 fully saturated rings. The van der Waals surface area contributed by atoms with Crippen molar-refractivity contribution >= 4 is 50.0 Å². The van der Waals surface area contributed by atoms with Crippen LogP contribution in [0, 0.1) is 0 Å². The molecule has 1 atom stereocenters. The van der Waals surface area contributed by atoms with E-state index in [2.05, 4.69) is 21.2 Å². The lowest BCUT2D eigenvalue weighted by atomic mass is 10.2. The van der Waals surface area contributed by atoms with E-state index in [0.717, 1.165) is 19.4 Å². The van der Waals surface area contributed by atoms with Gasteiger partial charge in [-0.05, 0) is 53.5 Å². The zero-order valence-corrected chi connectivity index (χ0v) is 15.7. The van der Waals surface area contributed by atoms with Crippen LogP contribution in [0.2, 0.25) is 5.02 Å². The number of rotatable bonds is 5. The second kappa shape index (κ2) is 8.13. The highest BCUT2D eigenvalue weighted by Crippen LogP contribution is 2.28. The van der Waals surface area contributed by atoms with Crippen molar-refractivity contribution < 1.29 is 8.42 Å². The van der Waals surface area contributed by atoms with Crippen molar-refractivity contribution in [3.8, 4) is 0 Å². The van der Waals surface area contributed by atoms with E-state index in [1.54, 1.807) is 16.4 Å². The Kier molecular flexibility index (Phi) is 7.43. The Morgan fingerprint density at radius 1 is 1.48 bits per heavy atom. The highest BCUT2D eigenvalue weighted by molar-refractivity contribution is 9.10. The number of halogens is 3. The minimum absolute atomic E-state index is 0. The van der Waals surface area contributed by atoms with E-state index in [9.17, 15) is 8.42 Å². The van der Waals surface area contributed by atoms with Crippen LogP contribution >= 0.6 is 39.9 Å². The molecule has 0 aliphatic carbocycles. The smallest absolute Gasteiger partial charge is 0.243 e. The highest BCUT2D eigenvalue weighted by Gasteiger charge is 2.32. The molecule has 1 unspecified atom stereocenters. The van der Waals surface area contributed by atoms with Gasteiger partial charge in [0.25, 0.3) is 0 Å². The molecule has 21 heavy (non-hydrogen) atoms. The van der Waals surface area contributed by atoms with E-state index in [-0.39, 0.29) is 23.3 Å². The molecule has 0 bridgehead atoms. The Hall–Kier alpha value is 0.150. The minimum atomic E-state index is -3.50. The number of hydrogen-bond acceptors (Lipinski definition) is 3. The molecule has 2 rings (SSSR count). The van der Waals surface area contributed by atoms with Crippen LogP contribution in [0.15, 0.2) is 27.6 Å². The van der Waals surface area contributed by atoms with Gasteiger partial charge in [-0.25, -0.2) is 8.42 Å². The van der Waals surface area contributed by atoms with Crippen molar-refractivity contribution in [3.63, 3.8) is 0 Å². The fourth-order valence-electron chi connectivity index (χ4n) is 2.38. The molecule has 0 aromatic heterocycles. The molecule has 1 aromatic rings. The SMILES string of the molecule is CCCN(C1CCNC1)S(=O)(=O)c1ccc(Br)c(Cl)c1.Cl. The van der Waals surface area contributed by atoms with Gasteiger partial charge in [0.15, 0.2) is 0 Å². The third-order valence-corrected chi connectivity index (χ3v) is 6.56. The first kappa shape index (κ1) is 19.2. The second-order valence-electron chi connectivity index (χ2n) is 4.84. The average molecular weight is 418 g/mol. The molecule has 1 aromatic carbocycles. The van der Waals surface area contributed by atoms with Crippen molar-refractivity contribution in [3.05, 3.63) is 27.7 Å². The standard InChI is InChI=1S/C13H18BrClN2O2S.ClH/c1-2-7-17(10-5-6-16-9-10)20(18,19)11-3-4-12(14)13(15)8-11;/h3-4,8,10,16H,2,5-7,9H2,1H3;1H. The first-order valence-corrected chi connectivity index (χ1v) is 9.25. The quantitative estimate of drug-likeness (QED) is 0.799. The summed E-state index contributed by atoms with van der Waals surface area (Å²) in [6.07, 6.45) is 1.64. The van der Waals surface area contributed by atoms with Crippen molar-refractivity contribution in [1.82, 2.24) is 9.62 Å². The summed E-state index contributed by atoms with van der Waals surface area (Å²) in [5.74, 6) is 0. The molecule has 0 radical (unpaired) electrons. The molecule has 1 heterocycles. The molecule has 0 spiro atoms. The lowest BCUT2D eigenvalue weighted by Crippen LogP contribution is -2.41. The van der Waals surface area contributed by atoms with Gasteiger partial charge in [0, 0.05) is 23.6 Å². The van der Waals surface area contributed by atoms with Gasteiger partial charge in [-0.3, -0.25) is 0 Å². The first-order chi connectivity index (χ1) is 9.46. The summed E-state index contributed by atoms with van der Waals surface area (Å²) in [5, 5.41) is 3.62. The minimum Gasteiger partial charge on any atom is -0.315 e. The third-order valence-electron chi connectivity index (χ3n) is 3.38. The van der Waals surface area contributed by atoms with Gasteiger partial charge in [0.05, 0.1) is 9.92 Å². The molecule has 0 saturated carbocycles. The molecule has 1 saturated heterocycles. The van der Waals surface area contributed by atoms with Gasteiger partial charge in [-0.2, -0.15) is 4.31 Å². The van der Waals surface area contributed by atoms with E-state index >= 15 is 0 Å². The molecule has 1 aliphatic heterocycles. The topological polar surface area (TPSA) is 49.4 Å². The zero-order chi connectivity index (χ0) is 14.8. The number of hydrogen-bond donors (Lipinski definition) is 1. The normalized spacial score (nSPS) is 18.8. The van der Waals surface area contributed by atoms with E-state index in [0.29, 0.717) is 22.6 Å². The molecule has 1 N–H and O–H groups in total. The van der Waals surface area contributed by atoms with Crippen LogP contribution in [0.5, 0.6) is 0 Å². The maximum absolute atomic E-state index is 12.8. The fourth-order valence-corrected chi connectivity index (χ4v) is 4.64. The molecule has 0 amide bonds. The molecular formula is C13H19BrCl2N2O2S. The molecule has 4 nitrogen and oxygen atoms in total. The lowest BCUT2D eigenvalue weighted by Gasteiger charge is -2.27. The Bertz CT molecular complexity index is 578. The second-order valence-corrected chi connectivity index (χ2v) is 7.99. The van der Waals surface area contributed by atoms with Crippen LogP contribution in [0.1, 0.15) is 19.8 Å². The van der Waals surface area contributed by atoms with Crippen molar-refractivity contribution in [1.29, 1.82) is 0 Å². The largest absolute Gasteiger partial charge is 0.315 e. The molecule has 8 heteroatoms. The van der Waals surface area contributed by atoms with Crippen LogP contribution < -0.4 is 5.32 Å². The molecule has 120 valence electrons. The van der Waals surface area contributed by atoms with Gasteiger partial charge >= 0.3 is 0 Å². The maximum Gasteiger partial charge on any atom is 0.243 e. The zero-order valence-electron chi connectivity index (χ0n) is 11.7. The Labute approximate surface area is 145 Å². The lowest BCUT2D eigenvalue weighted by molar-refractivity contribution is 0.335. The fraction of sp³-hybridized carbons (Fsp3) is 0.538. The van der Waals surface area contributed by atoms with E-state index in [1.807, 2.05) is 6.92 Å². The van der Waals surface area contributed by atoms with Crippen LogP contribution in [0.25, 0.3) is 0 Å². The van der Waals surface area contributed by atoms with Crippen molar-refractivity contribution in [2.45, 2.75) is 30.7 Å². The van der Waals surface area contributed by atoms with E-state index < -0.39 is 10.0 Å². The van der Waals surface area contributed by atoms with Gasteiger partial charge in [0.2, 0.25) is 10.0 Å². The Balaban J connectivity index is 0.00000220. The highest BCUT2D eigenvalue weighted by atomic mass is 79.9. The van der Waals surface area contributed by atoms with Crippen LogP contribution in [0.4, 0.5) is 0 Å². The first-order valence-electron chi connectivity index (χ1n) is 6.64. The van der Waals surface area contributed by atoms with E-state index in [4.69, 9.17) is 11.6 Å². The molecule has 1 aliphatic rings. The predicted octanol–water partition coefficient (Wildman–Crippen LogP) is 3.29. The summed E-state index contributed by atoms with van der Waals surface area (Å²) in [5.41, 5.74) is 0.